The van der Waals surface area contributed by atoms with Crippen molar-refractivity contribution in [2.24, 2.45) is 0 Å². The van der Waals surface area contributed by atoms with Gasteiger partial charge in [-0.1, -0.05) is 0 Å². The molecule has 6 nitrogen and oxygen atoms in total. The molecule has 0 aliphatic carbocycles. The topological polar surface area (TPSA) is 65.1 Å². The Morgan fingerprint density at radius 1 is 0.960 bits per heavy atom. The first-order valence-electron chi connectivity index (χ1n) is 7.34. The minimum atomic E-state index is -3.75. The van der Waals surface area contributed by atoms with Crippen LogP contribution in [0.3, 0.4) is 0 Å². The monoisotopic (exact) mass is 369 g/mol. The summed E-state index contributed by atoms with van der Waals surface area (Å²) in [5.41, 5.74) is 0.655. The molecule has 0 aliphatic heterocycles. The van der Waals surface area contributed by atoms with Crippen LogP contribution < -0.4 is 14.2 Å². The highest BCUT2D eigenvalue weighted by Crippen LogP contribution is 2.38. The predicted octanol–water partition coefficient (Wildman–Crippen LogP) is 2.67. The fourth-order valence-corrected chi connectivity index (χ4v) is 3.51. The summed E-state index contributed by atoms with van der Waals surface area (Å²) in [5.74, 6) is 0.804. The van der Waals surface area contributed by atoms with Crippen LogP contribution >= 0.6 is 0 Å². The zero-order valence-electron chi connectivity index (χ0n) is 14.4. The first kappa shape index (κ1) is 19.0. The number of ether oxygens (including phenoxy) is 3. The van der Waals surface area contributed by atoms with Crippen molar-refractivity contribution in [3.05, 3.63) is 47.8 Å². The molecule has 0 aliphatic rings. The Labute approximate surface area is 146 Å². The Morgan fingerprint density at radius 2 is 1.48 bits per heavy atom. The van der Waals surface area contributed by atoms with Crippen LogP contribution in [0.1, 0.15) is 5.56 Å². The molecular weight excluding hydrogens is 349 g/mol. The van der Waals surface area contributed by atoms with Crippen LogP contribution in [-0.2, 0) is 16.6 Å². The molecule has 0 saturated carbocycles. The average molecular weight is 369 g/mol. The molecule has 0 radical (unpaired) electrons. The predicted molar refractivity (Wildman–Crippen MR) is 91.2 cm³/mol. The number of nitrogens with zero attached hydrogens (tertiary/aromatic N) is 1. The first-order chi connectivity index (χ1) is 11.8. The molecule has 0 bridgehead atoms. The third kappa shape index (κ3) is 4.02. The number of rotatable bonds is 7. The van der Waals surface area contributed by atoms with E-state index in [9.17, 15) is 12.8 Å². The third-order valence-corrected chi connectivity index (χ3v) is 5.47. The van der Waals surface area contributed by atoms with E-state index in [2.05, 4.69) is 0 Å². The lowest BCUT2D eigenvalue weighted by Gasteiger charge is -2.19. The highest BCUT2D eigenvalue weighted by atomic mass is 32.2. The Morgan fingerprint density at radius 3 is 1.92 bits per heavy atom. The molecule has 0 amide bonds. The minimum Gasteiger partial charge on any atom is -0.493 e. The summed E-state index contributed by atoms with van der Waals surface area (Å²) in [6, 6.07) is 8.04. The summed E-state index contributed by atoms with van der Waals surface area (Å²) in [4.78, 5) is 0.0174. The fourth-order valence-electron chi connectivity index (χ4n) is 2.36. The van der Waals surface area contributed by atoms with Crippen molar-refractivity contribution in [1.82, 2.24) is 4.31 Å². The van der Waals surface area contributed by atoms with Gasteiger partial charge in [-0.25, -0.2) is 12.8 Å². The van der Waals surface area contributed by atoms with Crippen molar-refractivity contribution in [1.29, 1.82) is 0 Å². The lowest BCUT2D eigenvalue weighted by Crippen LogP contribution is -2.26. The second kappa shape index (κ2) is 7.71. The van der Waals surface area contributed by atoms with E-state index in [4.69, 9.17) is 14.2 Å². The second-order valence-corrected chi connectivity index (χ2v) is 7.29. The SMILES string of the molecule is COc1cc(CN(C)S(=O)(=O)c2ccc(F)cc2)cc(OC)c1OC. The van der Waals surface area contributed by atoms with Gasteiger partial charge in [-0.15, -0.1) is 0 Å². The molecule has 0 heterocycles. The molecule has 0 aromatic heterocycles. The van der Waals surface area contributed by atoms with Gasteiger partial charge in [0.2, 0.25) is 15.8 Å². The van der Waals surface area contributed by atoms with Crippen molar-refractivity contribution >= 4 is 10.0 Å². The van der Waals surface area contributed by atoms with Crippen molar-refractivity contribution in [3.8, 4) is 17.2 Å². The first-order valence-corrected chi connectivity index (χ1v) is 8.78. The molecule has 2 aromatic carbocycles. The van der Waals surface area contributed by atoms with E-state index in [0.717, 1.165) is 12.1 Å². The second-order valence-electron chi connectivity index (χ2n) is 5.25. The summed E-state index contributed by atoms with van der Waals surface area (Å²) >= 11 is 0. The molecule has 2 aromatic rings. The Bertz CT molecular complexity index is 812. The summed E-state index contributed by atoms with van der Waals surface area (Å²) in [6.07, 6.45) is 0. The molecule has 8 heteroatoms. The molecule has 0 saturated heterocycles. The quantitative estimate of drug-likeness (QED) is 0.751. The summed E-state index contributed by atoms with van der Waals surface area (Å²) in [6.45, 7) is 0.0798. The lowest BCUT2D eigenvalue weighted by atomic mass is 10.2. The van der Waals surface area contributed by atoms with Gasteiger partial charge in [-0.2, -0.15) is 4.31 Å². The van der Waals surface area contributed by atoms with Gasteiger partial charge in [-0.3, -0.25) is 0 Å². The van der Waals surface area contributed by atoms with E-state index < -0.39 is 15.8 Å². The van der Waals surface area contributed by atoms with E-state index >= 15 is 0 Å². The Kier molecular flexibility index (Phi) is 5.86. The third-order valence-electron chi connectivity index (χ3n) is 3.65. The maximum absolute atomic E-state index is 13.0. The Hall–Kier alpha value is -2.32. The van der Waals surface area contributed by atoms with Crippen LogP contribution in [0.4, 0.5) is 4.39 Å². The fraction of sp³-hybridized carbons (Fsp3) is 0.294. The molecule has 0 fully saturated rings. The van der Waals surface area contributed by atoms with Crippen LogP contribution in [0.15, 0.2) is 41.3 Å². The van der Waals surface area contributed by atoms with Crippen LogP contribution in [0.25, 0.3) is 0 Å². The van der Waals surface area contributed by atoms with Crippen molar-refractivity contribution in [2.75, 3.05) is 28.4 Å². The van der Waals surface area contributed by atoms with E-state index in [1.54, 1.807) is 12.1 Å². The van der Waals surface area contributed by atoms with E-state index in [0.29, 0.717) is 22.8 Å². The number of benzene rings is 2. The normalized spacial score (nSPS) is 11.4. The zero-order chi connectivity index (χ0) is 18.6. The number of hydrogen-bond acceptors (Lipinski definition) is 5. The van der Waals surface area contributed by atoms with Gasteiger partial charge >= 0.3 is 0 Å². The van der Waals surface area contributed by atoms with Gasteiger partial charge in [0, 0.05) is 13.6 Å². The van der Waals surface area contributed by atoms with E-state index in [1.807, 2.05) is 0 Å². The standard InChI is InChI=1S/C17H20FNO5S/c1-19(25(20,21)14-7-5-13(18)6-8-14)11-12-9-15(22-2)17(24-4)16(10-12)23-3/h5-10H,11H2,1-4H3. The van der Waals surface area contributed by atoms with Crippen molar-refractivity contribution in [2.45, 2.75) is 11.4 Å². The van der Waals surface area contributed by atoms with Gasteiger partial charge in [0.1, 0.15) is 5.82 Å². The van der Waals surface area contributed by atoms with E-state index in [-0.39, 0.29) is 11.4 Å². The molecule has 0 atom stereocenters. The molecule has 2 rings (SSSR count). The maximum Gasteiger partial charge on any atom is 0.243 e. The highest BCUT2D eigenvalue weighted by molar-refractivity contribution is 7.89. The largest absolute Gasteiger partial charge is 0.493 e. The summed E-state index contributed by atoms with van der Waals surface area (Å²) < 4.78 is 55.2. The highest BCUT2D eigenvalue weighted by Gasteiger charge is 2.22. The van der Waals surface area contributed by atoms with Gasteiger partial charge in [0.15, 0.2) is 11.5 Å². The van der Waals surface area contributed by atoms with Crippen LogP contribution in [0.2, 0.25) is 0 Å². The minimum absolute atomic E-state index is 0.0174. The van der Waals surface area contributed by atoms with Crippen molar-refractivity contribution in [3.63, 3.8) is 0 Å². The number of sulfonamides is 1. The zero-order valence-corrected chi connectivity index (χ0v) is 15.3. The molecule has 0 unspecified atom stereocenters. The maximum atomic E-state index is 13.0. The van der Waals surface area contributed by atoms with E-state index in [1.165, 1.54) is 44.8 Å². The van der Waals surface area contributed by atoms with Crippen LogP contribution in [0, 0.1) is 5.82 Å². The average Bonchev–Trinajstić information content (AvgIpc) is 2.61. The molecule has 0 spiro atoms. The molecule has 0 N–H and O–H groups in total. The van der Waals surface area contributed by atoms with Gasteiger partial charge in [0.05, 0.1) is 26.2 Å². The van der Waals surface area contributed by atoms with Crippen LogP contribution in [0.5, 0.6) is 17.2 Å². The summed E-state index contributed by atoms with van der Waals surface area (Å²) in [5, 5.41) is 0. The van der Waals surface area contributed by atoms with Gasteiger partial charge < -0.3 is 14.2 Å². The van der Waals surface area contributed by atoms with Gasteiger partial charge in [0.25, 0.3) is 0 Å². The molecular formula is C17H20FNO5S. The molecule has 25 heavy (non-hydrogen) atoms. The number of halogens is 1. The lowest BCUT2D eigenvalue weighted by molar-refractivity contribution is 0.323. The number of methoxy groups -OCH3 is 3. The van der Waals surface area contributed by atoms with Crippen molar-refractivity contribution < 1.29 is 27.0 Å². The van der Waals surface area contributed by atoms with Crippen LogP contribution in [-0.4, -0.2) is 41.1 Å². The van der Waals surface area contributed by atoms with Gasteiger partial charge in [-0.05, 0) is 42.0 Å². The smallest absolute Gasteiger partial charge is 0.243 e. The molecule has 136 valence electrons. The number of hydrogen-bond donors (Lipinski definition) is 0. The Balaban J connectivity index is 2.33. The summed E-state index contributed by atoms with van der Waals surface area (Å²) in [7, 11) is 2.15.